The van der Waals surface area contributed by atoms with Crippen LogP contribution in [0.15, 0.2) is 24.5 Å². The fourth-order valence-electron chi connectivity index (χ4n) is 2.78. The molecule has 0 radical (unpaired) electrons. The Morgan fingerprint density at radius 1 is 1.38 bits per heavy atom. The number of ketones is 1. The van der Waals surface area contributed by atoms with Crippen molar-refractivity contribution in [2.75, 3.05) is 18.4 Å². The number of Topliss-reactive ketones (excluding diaryl/α,β-unsaturated/α-hetero) is 1. The van der Waals surface area contributed by atoms with Gasteiger partial charge in [-0.15, -0.1) is 0 Å². The maximum Gasteiger partial charge on any atom is 0.409 e. The summed E-state index contributed by atoms with van der Waals surface area (Å²) in [6, 6.07) is 1.72. The predicted octanol–water partition coefficient (Wildman–Crippen LogP) is 1.86. The molecular formula is C16H16N4O4. The molecule has 0 unspecified atom stereocenters. The van der Waals surface area contributed by atoms with Gasteiger partial charge in [0.05, 0.1) is 11.9 Å². The number of hydrogen-bond acceptors (Lipinski definition) is 4. The van der Waals surface area contributed by atoms with Gasteiger partial charge in [-0.1, -0.05) is 6.08 Å². The first-order valence-corrected chi connectivity index (χ1v) is 7.42. The molecule has 8 nitrogen and oxygen atoms in total. The number of H-pyrrole nitrogens is 1. The second-order valence-electron chi connectivity index (χ2n) is 5.54. The highest BCUT2D eigenvalue weighted by atomic mass is 16.4. The topological polar surface area (TPSA) is 115 Å². The zero-order chi connectivity index (χ0) is 17.3. The van der Waals surface area contributed by atoms with Crippen LogP contribution in [0.5, 0.6) is 0 Å². The number of amides is 2. The van der Waals surface area contributed by atoms with Crippen LogP contribution in [-0.4, -0.2) is 50.8 Å². The van der Waals surface area contributed by atoms with Gasteiger partial charge in [0, 0.05) is 37.2 Å². The van der Waals surface area contributed by atoms with E-state index in [1.807, 2.05) is 12.3 Å². The first-order valence-electron chi connectivity index (χ1n) is 7.42. The molecule has 0 atom stereocenters. The highest BCUT2D eigenvalue weighted by Gasteiger charge is 2.22. The molecule has 0 aliphatic carbocycles. The van der Waals surface area contributed by atoms with Crippen LogP contribution in [0.25, 0.3) is 16.6 Å². The molecule has 2 aromatic rings. The number of hydrogen-bond donors (Lipinski definition) is 3. The molecule has 3 heterocycles. The third-order valence-corrected chi connectivity index (χ3v) is 3.93. The van der Waals surface area contributed by atoms with Gasteiger partial charge in [-0.05, 0) is 18.1 Å². The lowest BCUT2D eigenvalue weighted by atomic mass is 9.99. The summed E-state index contributed by atoms with van der Waals surface area (Å²) in [5.74, 6) is -0.939. The average Bonchev–Trinajstić information content (AvgIpc) is 2.97. The van der Waals surface area contributed by atoms with Crippen molar-refractivity contribution >= 4 is 40.1 Å². The van der Waals surface area contributed by atoms with Crippen molar-refractivity contribution in [1.82, 2.24) is 14.9 Å². The van der Waals surface area contributed by atoms with E-state index < -0.39 is 17.8 Å². The van der Waals surface area contributed by atoms with Crippen molar-refractivity contribution in [3.8, 4) is 0 Å². The lowest BCUT2D eigenvalue weighted by Crippen LogP contribution is -2.38. The van der Waals surface area contributed by atoms with E-state index in [0.29, 0.717) is 30.8 Å². The monoisotopic (exact) mass is 328 g/mol. The third-order valence-electron chi connectivity index (χ3n) is 3.93. The van der Waals surface area contributed by atoms with Gasteiger partial charge in [0.1, 0.15) is 5.65 Å². The molecule has 1 aliphatic rings. The number of nitrogens with zero attached hydrogens (tertiary/aromatic N) is 2. The summed E-state index contributed by atoms with van der Waals surface area (Å²) < 4.78 is 0. The summed E-state index contributed by atoms with van der Waals surface area (Å²) in [6.07, 6.45) is 4.63. The maximum atomic E-state index is 11.7. The molecule has 0 aromatic carbocycles. The molecule has 2 aromatic heterocycles. The largest absolute Gasteiger partial charge is 0.465 e. The molecule has 1 aliphatic heterocycles. The quantitative estimate of drug-likeness (QED) is 0.744. The molecule has 3 rings (SSSR count). The normalized spacial score (nSPS) is 14.4. The van der Waals surface area contributed by atoms with Gasteiger partial charge in [0.2, 0.25) is 5.78 Å². The molecule has 8 heteroatoms. The van der Waals surface area contributed by atoms with E-state index in [1.165, 1.54) is 18.0 Å². The molecule has 0 saturated heterocycles. The number of carbonyl (C=O) groups is 3. The molecular weight excluding hydrogens is 312 g/mol. The lowest BCUT2D eigenvalue weighted by Gasteiger charge is -2.25. The number of anilines is 1. The first kappa shape index (κ1) is 15.7. The van der Waals surface area contributed by atoms with Crippen LogP contribution in [0.2, 0.25) is 0 Å². The van der Waals surface area contributed by atoms with Crippen LogP contribution in [0, 0.1) is 0 Å². The number of rotatable bonds is 3. The molecule has 0 bridgehead atoms. The zero-order valence-corrected chi connectivity index (χ0v) is 13.0. The molecule has 24 heavy (non-hydrogen) atoms. The smallest absolute Gasteiger partial charge is 0.409 e. The minimum atomic E-state index is -1.15. The standard InChI is InChI=1S/C16H16N4O4/c1-9(21)15(22)20-4-2-10(3-5-20)13-8-18-14-12(13)6-11(7-17-14)19-16(23)24/h2,6-8,19H,3-5H2,1H3,(H,17,18)(H,23,24). The number of fused-ring (bicyclic) bond motifs is 1. The van der Waals surface area contributed by atoms with Crippen molar-refractivity contribution in [3.05, 3.63) is 30.1 Å². The van der Waals surface area contributed by atoms with Crippen LogP contribution < -0.4 is 5.32 Å². The molecule has 124 valence electrons. The summed E-state index contributed by atoms with van der Waals surface area (Å²) in [5, 5.41) is 11.9. The summed E-state index contributed by atoms with van der Waals surface area (Å²) >= 11 is 0. The highest BCUT2D eigenvalue weighted by Crippen LogP contribution is 2.30. The van der Waals surface area contributed by atoms with E-state index in [1.54, 1.807) is 6.07 Å². The van der Waals surface area contributed by atoms with E-state index in [-0.39, 0.29) is 0 Å². The number of carbonyl (C=O) groups excluding carboxylic acids is 2. The Hall–Kier alpha value is -3.16. The van der Waals surface area contributed by atoms with E-state index in [2.05, 4.69) is 15.3 Å². The van der Waals surface area contributed by atoms with Crippen LogP contribution in [0.3, 0.4) is 0 Å². The molecule has 2 amide bonds. The number of aromatic nitrogens is 2. The minimum Gasteiger partial charge on any atom is -0.465 e. The lowest BCUT2D eigenvalue weighted by molar-refractivity contribution is -0.143. The number of pyridine rings is 1. The third kappa shape index (κ3) is 2.98. The Balaban J connectivity index is 1.88. The minimum absolute atomic E-state index is 0.376. The van der Waals surface area contributed by atoms with Gasteiger partial charge in [-0.25, -0.2) is 9.78 Å². The Morgan fingerprint density at radius 3 is 2.79 bits per heavy atom. The predicted molar refractivity (Wildman–Crippen MR) is 87.6 cm³/mol. The SMILES string of the molecule is CC(=O)C(=O)N1CC=C(c2c[nH]c3ncc(NC(=O)O)cc23)CC1. The van der Waals surface area contributed by atoms with Gasteiger partial charge in [0.25, 0.3) is 5.91 Å². The number of aromatic amines is 1. The maximum absolute atomic E-state index is 11.7. The van der Waals surface area contributed by atoms with E-state index in [9.17, 15) is 14.4 Å². The van der Waals surface area contributed by atoms with Crippen molar-refractivity contribution in [1.29, 1.82) is 0 Å². The molecule has 0 fully saturated rings. The van der Waals surface area contributed by atoms with Crippen LogP contribution in [0.4, 0.5) is 10.5 Å². The second kappa shape index (κ2) is 6.15. The first-order chi connectivity index (χ1) is 11.5. The van der Waals surface area contributed by atoms with Gasteiger partial charge < -0.3 is 15.0 Å². The van der Waals surface area contributed by atoms with Gasteiger partial charge in [-0.3, -0.25) is 14.9 Å². The molecule has 0 spiro atoms. The fourth-order valence-corrected chi connectivity index (χ4v) is 2.78. The van der Waals surface area contributed by atoms with E-state index >= 15 is 0 Å². The second-order valence-corrected chi connectivity index (χ2v) is 5.54. The van der Waals surface area contributed by atoms with Crippen LogP contribution in [-0.2, 0) is 9.59 Å². The van der Waals surface area contributed by atoms with Crippen molar-refractivity contribution in [2.45, 2.75) is 13.3 Å². The van der Waals surface area contributed by atoms with Crippen LogP contribution in [0.1, 0.15) is 18.9 Å². The average molecular weight is 328 g/mol. The summed E-state index contributed by atoms with van der Waals surface area (Å²) in [5.41, 5.74) is 2.99. The molecule has 3 N–H and O–H groups in total. The zero-order valence-electron chi connectivity index (χ0n) is 13.0. The van der Waals surface area contributed by atoms with Gasteiger partial charge in [0.15, 0.2) is 0 Å². The summed E-state index contributed by atoms with van der Waals surface area (Å²) in [6.45, 7) is 2.11. The van der Waals surface area contributed by atoms with E-state index in [4.69, 9.17) is 5.11 Å². The number of nitrogens with one attached hydrogen (secondary N) is 2. The van der Waals surface area contributed by atoms with E-state index in [0.717, 1.165) is 16.5 Å². The summed E-state index contributed by atoms with van der Waals surface area (Å²) in [4.78, 5) is 42.4. The van der Waals surface area contributed by atoms with Crippen molar-refractivity contribution in [2.24, 2.45) is 0 Å². The Morgan fingerprint density at radius 2 is 2.17 bits per heavy atom. The van der Waals surface area contributed by atoms with Crippen LogP contribution >= 0.6 is 0 Å². The van der Waals surface area contributed by atoms with Gasteiger partial charge in [-0.2, -0.15) is 0 Å². The molecule has 0 saturated carbocycles. The van der Waals surface area contributed by atoms with Gasteiger partial charge >= 0.3 is 6.09 Å². The fraction of sp³-hybridized carbons (Fsp3) is 0.250. The summed E-state index contributed by atoms with van der Waals surface area (Å²) in [7, 11) is 0. The number of carboxylic acid groups (broad SMARTS) is 1. The highest BCUT2D eigenvalue weighted by molar-refractivity contribution is 6.35. The Bertz CT molecular complexity index is 868. The Labute approximate surface area is 137 Å². The van der Waals surface area contributed by atoms with Crippen molar-refractivity contribution in [3.63, 3.8) is 0 Å². The van der Waals surface area contributed by atoms with Crippen molar-refractivity contribution < 1.29 is 19.5 Å². The Kier molecular flexibility index (Phi) is 4.03.